The summed E-state index contributed by atoms with van der Waals surface area (Å²) in [6.45, 7) is 0.939. The van der Waals surface area contributed by atoms with Gasteiger partial charge in [-0.2, -0.15) is 13.2 Å². The van der Waals surface area contributed by atoms with Crippen molar-refractivity contribution in [2.24, 2.45) is 10.9 Å². The average Bonchev–Trinajstić information content (AvgIpc) is 2.76. The maximum Gasteiger partial charge on any atom is 0.394 e. The van der Waals surface area contributed by atoms with E-state index in [2.05, 4.69) is 4.99 Å². The summed E-state index contributed by atoms with van der Waals surface area (Å²) in [6.07, 6.45) is -8.96. The van der Waals surface area contributed by atoms with E-state index in [4.69, 9.17) is 4.74 Å². The van der Waals surface area contributed by atoms with Crippen LogP contribution in [0, 0.1) is 5.92 Å². The number of hydrogen-bond donors (Lipinski definition) is 2. The molecule has 6 atom stereocenters. The second-order valence-corrected chi connectivity index (χ2v) is 6.26. The summed E-state index contributed by atoms with van der Waals surface area (Å²) < 4.78 is 43.7. The molecule has 0 amide bonds. The summed E-state index contributed by atoms with van der Waals surface area (Å²) in [4.78, 5) is 5.87. The lowest BCUT2D eigenvalue weighted by Crippen LogP contribution is -2.58. The van der Waals surface area contributed by atoms with Crippen molar-refractivity contribution in [2.45, 2.75) is 42.9 Å². The number of thioether (sulfide) groups is 1. The van der Waals surface area contributed by atoms with Gasteiger partial charge in [-0.25, -0.2) is 0 Å². The van der Waals surface area contributed by atoms with Gasteiger partial charge in [-0.1, -0.05) is 18.7 Å². The lowest BCUT2D eigenvalue weighted by atomic mass is 9.90. The molecule has 0 aliphatic carbocycles. The Hall–Kier alpha value is -0.510. The van der Waals surface area contributed by atoms with Gasteiger partial charge in [0.2, 0.25) is 0 Å². The Morgan fingerprint density at radius 3 is 2.40 bits per heavy atom. The van der Waals surface area contributed by atoms with Gasteiger partial charge in [0.25, 0.3) is 0 Å². The number of aliphatic imine (C=N–C) groups is 1. The van der Waals surface area contributed by atoms with Crippen LogP contribution >= 0.6 is 11.8 Å². The Morgan fingerprint density at radius 2 is 1.90 bits per heavy atom. The quantitative estimate of drug-likeness (QED) is 0.744. The molecule has 0 aromatic carbocycles. The first-order chi connectivity index (χ1) is 9.12. The van der Waals surface area contributed by atoms with Crippen molar-refractivity contribution in [3.8, 4) is 0 Å². The molecular weight excluding hydrogens is 297 g/mol. The highest BCUT2D eigenvalue weighted by molar-refractivity contribution is 8.14. The van der Waals surface area contributed by atoms with Gasteiger partial charge in [0.1, 0.15) is 23.7 Å². The van der Waals surface area contributed by atoms with E-state index in [9.17, 15) is 23.4 Å². The van der Waals surface area contributed by atoms with Crippen LogP contribution in [0.1, 0.15) is 6.92 Å². The molecule has 1 saturated heterocycles. The molecule has 0 aromatic rings. The predicted molar refractivity (Wildman–Crippen MR) is 68.4 cm³/mol. The van der Waals surface area contributed by atoms with Gasteiger partial charge in [-0.3, -0.25) is 4.99 Å². The normalized spacial score (nSPS) is 39.2. The first-order valence-corrected chi connectivity index (χ1v) is 7.01. The van der Waals surface area contributed by atoms with E-state index in [0.29, 0.717) is 5.17 Å². The fourth-order valence-electron chi connectivity index (χ4n) is 2.19. The summed E-state index contributed by atoms with van der Waals surface area (Å²) in [5, 5.41) is 20.4. The number of rotatable bonds is 1. The number of ether oxygens (including phenoxy) is 1. The van der Waals surface area contributed by atoms with Gasteiger partial charge in [0.05, 0.1) is 12.0 Å². The monoisotopic (exact) mass is 314 g/mol. The van der Waals surface area contributed by atoms with Crippen LogP contribution in [-0.2, 0) is 4.74 Å². The molecule has 2 aliphatic rings. The van der Waals surface area contributed by atoms with Crippen LogP contribution in [-0.4, -0.2) is 70.3 Å². The molecule has 116 valence electrons. The Kier molecular flexibility index (Phi) is 4.25. The minimum atomic E-state index is -4.49. The van der Waals surface area contributed by atoms with E-state index in [1.165, 1.54) is 0 Å². The van der Waals surface area contributed by atoms with Crippen molar-refractivity contribution in [1.82, 2.24) is 4.90 Å². The molecule has 2 heterocycles. The molecule has 1 fully saturated rings. The summed E-state index contributed by atoms with van der Waals surface area (Å²) in [7, 11) is 3.48. The Labute approximate surface area is 118 Å². The van der Waals surface area contributed by atoms with Gasteiger partial charge in [0, 0.05) is 14.1 Å². The van der Waals surface area contributed by atoms with E-state index in [1.807, 2.05) is 0 Å². The van der Waals surface area contributed by atoms with Crippen LogP contribution in [0.4, 0.5) is 13.2 Å². The van der Waals surface area contributed by atoms with E-state index in [1.54, 1.807) is 19.0 Å². The van der Waals surface area contributed by atoms with Crippen molar-refractivity contribution in [3.63, 3.8) is 0 Å². The Morgan fingerprint density at radius 1 is 1.30 bits per heavy atom. The standard InChI is InChI=1S/C11H17F3N2O3S/c1-4(11(12,13)14)8-7(18)6(17)5-9(19-8)20-10(15-5)16(2)3/h4-9,17-18H,1-3H3/t4?,5-,6-,7+,8-,9-/m1/s1. The summed E-state index contributed by atoms with van der Waals surface area (Å²) in [6, 6.07) is -0.746. The zero-order valence-electron chi connectivity index (χ0n) is 11.2. The molecule has 5 nitrogen and oxygen atoms in total. The zero-order valence-corrected chi connectivity index (χ0v) is 12.0. The molecule has 0 spiro atoms. The second-order valence-electron chi connectivity index (χ2n) is 5.20. The molecular formula is C11H17F3N2O3S. The van der Waals surface area contributed by atoms with Gasteiger partial charge >= 0.3 is 6.18 Å². The zero-order chi connectivity index (χ0) is 15.2. The highest BCUT2D eigenvalue weighted by atomic mass is 32.2. The maximum absolute atomic E-state index is 12.8. The first kappa shape index (κ1) is 15.9. The fourth-order valence-corrected chi connectivity index (χ4v) is 3.34. The number of alkyl halides is 3. The molecule has 0 aromatic heterocycles. The highest BCUT2D eigenvalue weighted by Gasteiger charge is 2.54. The van der Waals surface area contributed by atoms with Gasteiger partial charge < -0.3 is 19.8 Å². The summed E-state index contributed by atoms with van der Waals surface area (Å²) in [5.41, 5.74) is -0.708. The lowest BCUT2D eigenvalue weighted by molar-refractivity contribution is -0.244. The van der Waals surface area contributed by atoms with Crippen LogP contribution in [0.25, 0.3) is 0 Å². The third-order valence-electron chi connectivity index (χ3n) is 3.48. The number of hydrogen-bond acceptors (Lipinski definition) is 6. The smallest absolute Gasteiger partial charge is 0.388 e. The molecule has 0 saturated carbocycles. The van der Waals surface area contributed by atoms with Crippen LogP contribution in [0.2, 0.25) is 0 Å². The van der Waals surface area contributed by atoms with E-state index < -0.39 is 41.9 Å². The van der Waals surface area contributed by atoms with Crippen LogP contribution in [0.3, 0.4) is 0 Å². The molecule has 1 unspecified atom stereocenters. The van der Waals surface area contributed by atoms with Crippen LogP contribution < -0.4 is 0 Å². The average molecular weight is 314 g/mol. The Balaban J connectivity index is 2.17. The maximum atomic E-state index is 12.8. The van der Waals surface area contributed by atoms with Gasteiger partial charge in [0.15, 0.2) is 5.17 Å². The summed E-state index contributed by atoms with van der Waals surface area (Å²) in [5.74, 6) is -1.86. The van der Waals surface area contributed by atoms with Gasteiger partial charge in [-0.05, 0) is 0 Å². The third-order valence-corrected chi connectivity index (χ3v) is 4.78. The SMILES string of the molecule is CC([C@H]1O[C@@H]2SC(N(C)C)=N[C@@H]2[C@@H](O)[C@@H]1O)C(F)(F)F. The number of fused-ring (bicyclic) bond motifs is 1. The molecule has 0 bridgehead atoms. The lowest BCUT2D eigenvalue weighted by Gasteiger charge is -2.41. The molecule has 9 heteroatoms. The second kappa shape index (κ2) is 5.36. The highest BCUT2D eigenvalue weighted by Crippen LogP contribution is 2.41. The van der Waals surface area contributed by atoms with Crippen molar-refractivity contribution in [2.75, 3.05) is 14.1 Å². The number of amidine groups is 1. The minimum Gasteiger partial charge on any atom is -0.388 e. The van der Waals surface area contributed by atoms with Crippen LogP contribution in [0.15, 0.2) is 4.99 Å². The topological polar surface area (TPSA) is 65.3 Å². The number of aliphatic hydroxyl groups excluding tert-OH is 2. The predicted octanol–water partition coefficient (Wildman–Crippen LogP) is 0.664. The molecule has 2 N–H and O–H groups in total. The van der Waals surface area contributed by atoms with Crippen molar-refractivity contribution >= 4 is 16.9 Å². The largest absolute Gasteiger partial charge is 0.394 e. The number of aliphatic hydroxyl groups is 2. The molecule has 2 aliphatic heterocycles. The van der Waals surface area contributed by atoms with E-state index in [-0.39, 0.29) is 0 Å². The molecule has 0 radical (unpaired) electrons. The molecule has 2 rings (SSSR count). The van der Waals surface area contributed by atoms with E-state index >= 15 is 0 Å². The van der Waals surface area contributed by atoms with Crippen molar-refractivity contribution in [1.29, 1.82) is 0 Å². The summed E-state index contributed by atoms with van der Waals surface area (Å²) >= 11 is 1.16. The van der Waals surface area contributed by atoms with Crippen molar-refractivity contribution < 1.29 is 28.1 Å². The number of nitrogens with zero attached hydrogens (tertiary/aromatic N) is 2. The van der Waals surface area contributed by atoms with Crippen LogP contribution in [0.5, 0.6) is 0 Å². The first-order valence-electron chi connectivity index (χ1n) is 6.13. The van der Waals surface area contributed by atoms with Gasteiger partial charge in [-0.15, -0.1) is 0 Å². The van der Waals surface area contributed by atoms with E-state index in [0.717, 1.165) is 18.7 Å². The fraction of sp³-hybridized carbons (Fsp3) is 0.909. The minimum absolute atomic E-state index is 0.562. The Bertz CT molecular complexity index is 405. The van der Waals surface area contributed by atoms with Crippen molar-refractivity contribution in [3.05, 3.63) is 0 Å². The molecule has 20 heavy (non-hydrogen) atoms. The third kappa shape index (κ3) is 2.76. The number of halogens is 3.